The summed E-state index contributed by atoms with van der Waals surface area (Å²) >= 11 is 6.02. The lowest BCUT2D eigenvalue weighted by Crippen LogP contribution is -2.08. The van der Waals surface area contributed by atoms with Crippen molar-refractivity contribution in [3.05, 3.63) is 47.0 Å². The van der Waals surface area contributed by atoms with E-state index in [-0.39, 0.29) is 11.6 Å². The van der Waals surface area contributed by atoms with E-state index in [1.807, 2.05) is 36.4 Å². The molecule has 0 amide bonds. The number of benzene rings is 1. The molecule has 102 valence electrons. The molecule has 3 heteroatoms. The Morgan fingerprint density at radius 2 is 1.89 bits per heavy atom. The van der Waals surface area contributed by atoms with E-state index in [0.717, 1.165) is 18.4 Å². The van der Waals surface area contributed by atoms with Gasteiger partial charge in [0.15, 0.2) is 0 Å². The van der Waals surface area contributed by atoms with E-state index in [4.69, 9.17) is 16.3 Å². The number of hydrogen-bond donors (Lipinski definition) is 0. The second-order valence-electron chi connectivity index (χ2n) is 4.97. The van der Waals surface area contributed by atoms with Gasteiger partial charge in [0, 0.05) is 0 Å². The third kappa shape index (κ3) is 4.71. The van der Waals surface area contributed by atoms with Crippen LogP contribution in [-0.2, 0) is 16.1 Å². The van der Waals surface area contributed by atoms with Gasteiger partial charge in [0.2, 0.25) is 0 Å². The van der Waals surface area contributed by atoms with Crippen LogP contribution in [0.1, 0.15) is 37.7 Å². The topological polar surface area (TPSA) is 26.3 Å². The van der Waals surface area contributed by atoms with Crippen LogP contribution in [0.5, 0.6) is 0 Å². The summed E-state index contributed by atoms with van der Waals surface area (Å²) < 4.78 is 5.19. The predicted molar refractivity (Wildman–Crippen MR) is 76.7 cm³/mol. The molecule has 0 heterocycles. The summed E-state index contributed by atoms with van der Waals surface area (Å²) in [5.41, 5.74) is 0.970. The van der Waals surface area contributed by atoms with Crippen LogP contribution >= 0.6 is 11.6 Å². The minimum Gasteiger partial charge on any atom is -0.457 e. The van der Waals surface area contributed by atoms with Crippen LogP contribution in [0, 0.1) is 5.92 Å². The van der Waals surface area contributed by atoms with Gasteiger partial charge in [-0.1, -0.05) is 67.3 Å². The molecule has 0 radical (unpaired) electrons. The van der Waals surface area contributed by atoms with Crippen LogP contribution in [0.3, 0.4) is 0 Å². The highest BCUT2D eigenvalue weighted by molar-refractivity contribution is 6.41. The minimum atomic E-state index is -0.420. The van der Waals surface area contributed by atoms with Crippen LogP contribution in [-0.4, -0.2) is 5.97 Å². The zero-order valence-corrected chi connectivity index (χ0v) is 11.7. The molecule has 1 fully saturated rings. The summed E-state index contributed by atoms with van der Waals surface area (Å²) in [7, 11) is 0. The highest BCUT2D eigenvalue weighted by Crippen LogP contribution is 2.26. The molecule has 0 N–H and O–H groups in total. The Kier molecular flexibility index (Phi) is 5.46. The van der Waals surface area contributed by atoms with Crippen molar-refractivity contribution >= 4 is 17.6 Å². The van der Waals surface area contributed by atoms with Gasteiger partial charge in [0.1, 0.15) is 11.6 Å². The second kappa shape index (κ2) is 7.34. The molecule has 1 aliphatic rings. The third-order valence-corrected chi connectivity index (χ3v) is 3.72. The minimum absolute atomic E-state index is 0.225. The van der Waals surface area contributed by atoms with Crippen LogP contribution in [0.15, 0.2) is 41.4 Å². The Morgan fingerprint density at radius 1 is 1.21 bits per heavy atom. The van der Waals surface area contributed by atoms with Crippen LogP contribution in [0.2, 0.25) is 0 Å². The average molecular weight is 279 g/mol. The van der Waals surface area contributed by atoms with Crippen molar-refractivity contribution < 1.29 is 9.53 Å². The molecular weight excluding hydrogens is 260 g/mol. The number of carbonyl (C=O) groups excluding carboxylic acids is 1. The predicted octanol–water partition coefficient (Wildman–Crippen LogP) is 4.43. The molecule has 0 bridgehead atoms. The lowest BCUT2D eigenvalue weighted by atomic mass is 9.89. The quantitative estimate of drug-likeness (QED) is 0.601. The van der Waals surface area contributed by atoms with Gasteiger partial charge in [-0.15, -0.1) is 0 Å². The first-order valence-electron chi connectivity index (χ1n) is 6.84. The second-order valence-corrected chi connectivity index (χ2v) is 5.38. The lowest BCUT2D eigenvalue weighted by Gasteiger charge is -2.18. The van der Waals surface area contributed by atoms with Gasteiger partial charge in [-0.2, -0.15) is 0 Å². The number of ether oxygens (including phenoxy) is 1. The van der Waals surface area contributed by atoms with Crippen molar-refractivity contribution in [3.8, 4) is 0 Å². The number of rotatable bonds is 4. The van der Waals surface area contributed by atoms with Gasteiger partial charge in [0.25, 0.3) is 0 Å². The molecule has 19 heavy (non-hydrogen) atoms. The maximum Gasteiger partial charge on any atom is 0.349 e. The maximum atomic E-state index is 11.8. The smallest absolute Gasteiger partial charge is 0.349 e. The molecule has 0 aromatic heterocycles. The first-order valence-corrected chi connectivity index (χ1v) is 7.22. The zero-order valence-electron chi connectivity index (χ0n) is 11.0. The Bertz CT molecular complexity index is 433. The number of halogens is 1. The number of allylic oxidation sites excluding steroid dienone is 1. The maximum absolute atomic E-state index is 11.8. The molecule has 0 aliphatic heterocycles. The van der Waals surface area contributed by atoms with Gasteiger partial charge in [0.05, 0.1) is 0 Å². The molecule has 0 atom stereocenters. The first kappa shape index (κ1) is 14.1. The normalized spacial score (nSPS) is 17.2. The fourth-order valence-electron chi connectivity index (χ4n) is 2.37. The Hall–Kier alpha value is -1.28. The largest absolute Gasteiger partial charge is 0.457 e. The van der Waals surface area contributed by atoms with Crippen molar-refractivity contribution in [2.24, 2.45) is 5.92 Å². The number of carbonyl (C=O) groups is 1. The molecule has 0 saturated heterocycles. The third-order valence-electron chi connectivity index (χ3n) is 3.44. The molecule has 2 nitrogen and oxygen atoms in total. The van der Waals surface area contributed by atoms with E-state index in [0.29, 0.717) is 5.92 Å². The summed E-state index contributed by atoms with van der Waals surface area (Å²) in [5.74, 6) is 0.0154. The summed E-state index contributed by atoms with van der Waals surface area (Å²) in [6, 6.07) is 9.62. The monoisotopic (exact) mass is 278 g/mol. The Labute approximate surface area is 119 Å². The van der Waals surface area contributed by atoms with E-state index < -0.39 is 5.97 Å². The standard InChI is InChI=1S/C16H19ClO2/c17-15(11-13-7-3-1-4-8-13)16(18)19-12-14-9-5-2-6-10-14/h2,5-6,9-11,13H,1,3-4,7-8,12H2/b15-11-. The molecule has 0 unspecified atom stereocenters. The summed E-state index contributed by atoms with van der Waals surface area (Å²) in [4.78, 5) is 11.8. The molecule has 1 aromatic carbocycles. The van der Waals surface area contributed by atoms with E-state index in [1.165, 1.54) is 19.3 Å². The first-order chi connectivity index (χ1) is 9.25. The molecule has 0 spiro atoms. The van der Waals surface area contributed by atoms with Gasteiger partial charge >= 0.3 is 5.97 Å². The molecule has 1 aliphatic carbocycles. The fourth-order valence-corrected chi connectivity index (χ4v) is 2.60. The Morgan fingerprint density at radius 3 is 2.58 bits per heavy atom. The molecular formula is C16H19ClO2. The fraction of sp³-hybridized carbons (Fsp3) is 0.438. The number of hydrogen-bond acceptors (Lipinski definition) is 2. The van der Waals surface area contributed by atoms with Crippen LogP contribution < -0.4 is 0 Å². The van der Waals surface area contributed by atoms with E-state index >= 15 is 0 Å². The SMILES string of the molecule is O=C(OCc1ccccc1)/C(Cl)=C/C1CCCCC1. The van der Waals surface area contributed by atoms with Crippen LogP contribution in [0.25, 0.3) is 0 Å². The summed E-state index contributed by atoms with van der Waals surface area (Å²) in [6.45, 7) is 0.272. The molecule has 2 rings (SSSR count). The van der Waals surface area contributed by atoms with Gasteiger partial charge < -0.3 is 4.74 Å². The van der Waals surface area contributed by atoms with Crippen molar-refractivity contribution in [1.29, 1.82) is 0 Å². The molecule has 1 aromatic rings. The average Bonchev–Trinajstić information content (AvgIpc) is 2.47. The Balaban J connectivity index is 1.83. The van der Waals surface area contributed by atoms with Gasteiger partial charge in [-0.25, -0.2) is 4.79 Å². The lowest BCUT2D eigenvalue weighted by molar-refractivity contribution is -0.139. The highest BCUT2D eigenvalue weighted by atomic mass is 35.5. The van der Waals surface area contributed by atoms with Crippen molar-refractivity contribution in [2.45, 2.75) is 38.7 Å². The van der Waals surface area contributed by atoms with E-state index in [9.17, 15) is 4.79 Å². The zero-order chi connectivity index (χ0) is 13.5. The van der Waals surface area contributed by atoms with Crippen molar-refractivity contribution in [2.75, 3.05) is 0 Å². The molecule has 1 saturated carbocycles. The van der Waals surface area contributed by atoms with E-state index in [2.05, 4.69) is 0 Å². The van der Waals surface area contributed by atoms with Crippen molar-refractivity contribution in [3.63, 3.8) is 0 Å². The van der Waals surface area contributed by atoms with Gasteiger partial charge in [-0.05, 0) is 24.3 Å². The van der Waals surface area contributed by atoms with Gasteiger partial charge in [-0.3, -0.25) is 0 Å². The van der Waals surface area contributed by atoms with E-state index in [1.54, 1.807) is 0 Å². The summed E-state index contributed by atoms with van der Waals surface area (Å²) in [5, 5.41) is 0.225. The van der Waals surface area contributed by atoms with Crippen molar-refractivity contribution in [1.82, 2.24) is 0 Å². The summed E-state index contributed by atoms with van der Waals surface area (Å²) in [6.07, 6.45) is 7.87. The highest BCUT2D eigenvalue weighted by Gasteiger charge is 2.15. The van der Waals surface area contributed by atoms with Crippen LogP contribution in [0.4, 0.5) is 0 Å². The number of esters is 1.